The number of hydrogen-bond acceptors (Lipinski definition) is 4. The largest absolute Gasteiger partial charge is 0.412 e. The molecule has 4 rings (SSSR count). The van der Waals surface area contributed by atoms with Gasteiger partial charge in [-0.25, -0.2) is 4.79 Å². The summed E-state index contributed by atoms with van der Waals surface area (Å²) in [6, 6.07) is 6.08. The van der Waals surface area contributed by atoms with Crippen LogP contribution in [0.3, 0.4) is 0 Å². The Morgan fingerprint density at radius 3 is 2.94 bits per heavy atom. The van der Waals surface area contributed by atoms with Crippen LogP contribution in [0.2, 0.25) is 0 Å². The van der Waals surface area contributed by atoms with Crippen molar-refractivity contribution in [1.29, 1.82) is 0 Å². The number of carbonyl (C=O) groups is 1. The van der Waals surface area contributed by atoms with Gasteiger partial charge in [0.2, 0.25) is 0 Å². The Kier molecular flexibility index (Phi) is 6.93. The number of nitrogens with zero attached hydrogens (tertiary/aromatic N) is 1. The lowest BCUT2D eigenvalue weighted by Gasteiger charge is -2.52. The molecule has 0 bridgehead atoms. The Bertz CT molecular complexity index is 911. The quantitative estimate of drug-likeness (QED) is 0.519. The van der Waals surface area contributed by atoms with E-state index in [9.17, 15) is 9.90 Å². The maximum atomic E-state index is 12.3. The Morgan fingerprint density at radius 1 is 1.38 bits per heavy atom. The number of amides is 1. The second kappa shape index (κ2) is 9.68. The van der Waals surface area contributed by atoms with E-state index < -0.39 is 5.60 Å². The number of fused-ring (bicyclic) bond motifs is 3. The molecule has 0 unspecified atom stereocenters. The lowest BCUT2D eigenvalue weighted by molar-refractivity contribution is -0.00721. The van der Waals surface area contributed by atoms with Gasteiger partial charge in [0.05, 0.1) is 0 Å². The summed E-state index contributed by atoms with van der Waals surface area (Å²) in [5.41, 5.74) is 1.67. The van der Waals surface area contributed by atoms with Crippen LogP contribution >= 0.6 is 0 Å². The third-order valence-electron chi connectivity index (χ3n) is 7.70. The average molecular weight is 437 g/mol. The Morgan fingerprint density at radius 2 is 2.19 bits per heavy atom. The van der Waals surface area contributed by atoms with E-state index in [0.29, 0.717) is 31.1 Å². The zero-order chi connectivity index (χ0) is 22.6. The molecule has 5 heteroatoms. The number of hydrogen-bond donors (Lipinski definition) is 2. The van der Waals surface area contributed by atoms with Crippen molar-refractivity contribution in [1.82, 2.24) is 10.2 Å². The van der Waals surface area contributed by atoms with Crippen molar-refractivity contribution in [2.75, 3.05) is 26.2 Å². The molecule has 5 nitrogen and oxygen atoms in total. The average Bonchev–Trinajstić information content (AvgIpc) is 3.28. The lowest BCUT2D eigenvalue weighted by Crippen LogP contribution is -2.49. The molecule has 2 fully saturated rings. The fourth-order valence-corrected chi connectivity index (χ4v) is 6.18. The molecule has 2 aliphatic carbocycles. The predicted molar refractivity (Wildman–Crippen MR) is 127 cm³/mol. The number of nitrogens with one attached hydrogen (secondary N) is 1. The van der Waals surface area contributed by atoms with Crippen LogP contribution in [0.5, 0.6) is 5.75 Å². The summed E-state index contributed by atoms with van der Waals surface area (Å²) in [7, 11) is 0. The number of benzene rings is 1. The lowest BCUT2D eigenvalue weighted by atomic mass is 9.53. The maximum Gasteiger partial charge on any atom is 0.412 e. The fraction of sp³-hybridized carbons (Fsp3) is 0.593. The normalized spacial score (nSPS) is 29.2. The highest BCUT2D eigenvalue weighted by atomic mass is 16.6. The number of ether oxygens (including phenoxy) is 1. The first kappa shape index (κ1) is 22.9. The van der Waals surface area contributed by atoms with Crippen LogP contribution in [-0.4, -0.2) is 47.9 Å². The number of aliphatic hydroxyl groups is 1. The predicted octanol–water partition coefficient (Wildman–Crippen LogP) is 4.19. The molecule has 0 spiro atoms. The number of likely N-dealkylation sites (tertiary alicyclic amines) is 1. The van der Waals surface area contributed by atoms with Gasteiger partial charge in [-0.2, -0.15) is 0 Å². The molecule has 32 heavy (non-hydrogen) atoms. The monoisotopic (exact) mass is 436 g/mol. The first-order chi connectivity index (χ1) is 15.5. The number of allylic oxidation sites excluding steroid dienone is 1. The van der Waals surface area contributed by atoms with Gasteiger partial charge in [-0.05, 0) is 101 Å². The molecule has 2 N–H and O–H groups in total. The van der Waals surface area contributed by atoms with Crippen molar-refractivity contribution in [3.63, 3.8) is 0 Å². The number of carbonyl (C=O) groups excluding carboxylic acids is 1. The summed E-state index contributed by atoms with van der Waals surface area (Å²) in [6.07, 6.45) is 9.20. The summed E-state index contributed by atoms with van der Waals surface area (Å²) in [5, 5.41) is 13.8. The second-order valence-electron chi connectivity index (χ2n) is 9.68. The highest BCUT2D eigenvalue weighted by molar-refractivity contribution is 5.70. The summed E-state index contributed by atoms with van der Waals surface area (Å²) in [6.45, 7) is 9.55. The van der Waals surface area contributed by atoms with Crippen molar-refractivity contribution >= 4 is 6.09 Å². The van der Waals surface area contributed by atoms with Crippen LogP contribution in [-0.2, 0) is 11.8 Å². The first-order valence-electron chi connectivity index (χ1n) is 12.1. The maximum absolute atomic E-state index is 12.3. The van der Waals surface area contributed by atoms with Crippen LogP contribution in [0.4, 0.5) is 4.79 Å². The summed E-state index contributed by atoms with van der Waals surface area (Å²) in [4.78, 5) is 14.6. The summed E-state index contributed by atoms with van der Waals surface area (Å²) < 4.78 is 5.59. The molecule has 172 valence electrons. The van der Waals surface area contributed by atoms with E-state index in [1.54, 1.807) is 6.92 Å². The molecule has 1 amide bonds. The van der Waals surface area contributed by atoms with Crippen molar-refractivity contribution in [2.45, 2.75) is 69.3 Å². The van der Waals surface area contributed by atoms with Gasteiger partial charge in [-0.15, -0.1) is 12.5 Å². The SMILES string of the molecule is C=CC[C@]12CC[C@](O)(C#CC)C[C@@H]1CCc1cc(OC(=O)NCCN3CCCC3)ccc12. The third-order valence-corrected chi connectivity index (χ3v) is 7.70. The van der Waals surface area contributed by atoms with E-state index in [1.807, 2.05) is 18.2 Å². The summed E-state index contributed by atoms with van der Waals surface area (Å²) >= 11 is 0. The minimum atomic E-state index is -0.877. The molecule has 0 radical (unpaired) electrons. The smallest absolute Gasteiger partial charge is 0.410 e. The second-order valence-corrected chi connectivity index (χ2v) is 9.68. The molecule has 1 aromatic carbocycles. The molecule has 1 aliphatic heterocycles. The van der Waals surface area contributed by atoms with Crippen molar-refractivity contribution in [2.24, 2.45) is 5.92 Å². The Balaban J connectivity index is 1.45. The van der Waals surface area contributed by atoms with Crippen LogP contribution in [0, 0.1) is 17.8 Å². The molecule has 1 saturated carbocycles. The summed E-state index contributed by atoms with van der Waals surface area (Å²) in [5.74, 6) is 6.94. The first-order valence-corrected chi connectivity index (χ1v) is 12.1. The van der Waals surface area contributed by atoms with E-state index in [2.05, 4.69) is 34.7 Å². The van der Waals surface area contributed by atoms with E-state index in [0.717, 1.165) is 45.3 Å². The van der Waals surface area contributed by atoms with Gasteiger partial charge in [0.25, 0.3) is 0 Å². The molecule has 3 atom stereocenters. The molecule has 0 aromatic heterocycles. The van der Waals surface area contributed by atoms with Crippen LogP contribution in [0.1, 0.15) is 63.0 Å². The zero-order valence-corrected chi connectivity index (χ0v) is 19.3. The Hall–Kier alpha value is -2.29. The number of rotatable bonds is 6. The van der Waals surface area contributed by atoms with Gasteiger partial charge in [0.15, 0.2) is 0 Å². The van der Waals surface area contributed by atoms with Gasteiger partial charge in [-0.1, -0.05) is 18.1 Å². The minimum Gasteiger partial charge on any atom is -0.410 e. The zero-order valence-electron chi connectivity index (χ0n) is 19.3. The van der Waals surface area contributed by atoms with Gasteiger partial charge in [0, 0.05) is 18.5 Å². The highest BCUT2D eigenvalue weighted by Gasteiger charge is 2.50. The van der Waals surface area contributed by atoms with Crippen LogP contribution < -0.4 is 10.1 Å². The molecule has 1 saturated heterocycles. The Labute approximate surface area is 192 Å². The van der Waals surface area contributed by atoms with Gasteiger partial charge in [0.1, 0.15) is 11.4 Å². The van der Waals surface area contributed by atoms with E-state index in [-0.39, 0.29) is 11.5 Å². The molecule has 1 heterocycles. The van der Waals surface area contributed by atoms with Gasteiger partial charge < -0.3 is 20.1 Å². The van der Waals surface area contributed by atoms with Crippen molar-refractivity contribution in [3.05, 3.63) is 42.0 Å². The van der Waals surface area contributed by atoms with E-state index >= 15 is 0 Å². The van der Waals surface area contributed by atoms with E-state index in [4.69, 9.17) is 4.74 Å². The minimum absolute atomic E-state index is 0.0203. The van der Waals surface area contributed by atoms with E-state index in [1.165, 1.54) is 24.0 Å². The van der Waals surface area contributed by atoms with Crippen LogP contribution in [0.25, 0.3) is 0 Å². The van der Waals surface area contributed by atoms with Crippen LogP contribution in [0.15, 0.2) is 30.9 Å². The molecular formula is C27H36N2O3. The molecule has 1 aromatic rings. The van der Waals surface area contributed by atoms with Gasteiger partial charge >= 0.3 is 6.09 Å². The fourth-order valence-electron chi connectivity index (χ4n) is 6.18. The third kappa shape index (κ3) is 4.72. The molecule has 3 aliphatic rings. The highest BCUT2D eigenvalue weighted by Crippen LogP contribution is 2.54. The number of aryl methyl sites for hydroxylation is 1. The van der Waals surface area contributed by atoms with Gasteiger partial charge in [-0.3, -0.25) is 0 Å². The van der Waals surface area contributed by atoms with Crippen molar-refractivity contribution in [3.8, 4) is 17.6 Å². The topological polar surface area (TPSA) is 61.8 Å². The van der Waals surface area contributed by atoms with Crippen molar-refractivity contribution < 1.29 is 14.6 Å². The molecular weight excluding hydrogens is 400 g/mol. The standard InChI is InChI=1S/C27H36N2O3/c1-3-11-26(31)13-14-27(12-4-2)22(20-26)8-7-21-19-23(9-10-24(21)27)32-25(30)28-15-18-29-16-5-6-17-29/h4,9-10,19,22,31H,2,5-8,12-18,20H2,1H3,(H,28,30)/t22-,26+,27-/m0/s1.